The molecular weight excluding hydrogens is 232 g/mol. The first-order chi connectivity index (χ1) is 8.74. The highest BCUT2D eigenvalue weighted by Gasteiger charge is 2.20. The van der Waals surface area contributed by atoms with E-state index < -0.39 is 6.10 Å². The average Bonchev–Trinajstić information content (AvgIpc) is 2.46. The molecule has 1 saturated heterocycles. The standard InChI is InChI=1S/C13H14N2O3/c1-17-13(16)10-3-2-4-11(7-10)15-5-6-18-12(8-14)9-15/h2-4,7,12H,5-6,9H2,1H3/t12-/m1/s1. The maximum Gasteiger partial charge on any atom is 0.337 e. The summed E-state index contributed by atoms with van der Waals surface area (Å²) in [7, 11) is 1.36. The number of anilines is 1. The number of nitrogens with zero attached hydrogens (tertiary/aromatic N) is 2. The van der Waals surface area contributed by atoms with E-state index in [4.69, 9.17) is 10.00 Å². The number of morpholine rings is 1. The Morgan fingerprint density at radius 3 is 3.17 bits per heavy atom. The van der Waals surface area contributed by atoms with Crippen LogP contribution >= 0.6 is 0 Å². The molecule has 0 aliphatic carbocycles. The first-order valence-corrected chi connectivity index (χ1v) is 5.69. The summed E-state index contributed by atoms with van der Waals surface area (Å²) < 4.78 is 9.97. The molecule has 5 heteroatoms. The average molecular weight is 246 g/mol. The number of rotatable bonds is 2. The molecule has 0 radical (unpaired) electrons. The Morgan fingerprint density at radius 1 is 1.61 bits per heavy atom. The Morgan fingerprint density at radius 2 is 2.44 bits per heavy atom. The van der Waals surface area contributed by atoms with Gasteiger partial charge in [0.15, 0.2) is 6.10 Å². The maximum atomic E-state index is 11.5. The van der Waals surface area contributed by atoms with Gasteiger partial charge in [0.1, 0.15) is 0 Å². The molecule has 1 aliphatic heterocycles. The lowest BCUT2D eigenvalue weighted by atomic mass is 10.1. The van der Waals surface area contributed by atoms with Gasteiger partial charge in [-0.1, -0.05) is 6.07 Å². The van der Waals surface area contributed by atoms with E-state index >= 15 is 0 Å². The minimum absolute atomic E-state index is 0.359. The second kappa shape index (κ2) is 5.52. The molecule has 0 aromatic heterocycles. The second-order valence-corrected chi connectivity index (χ2v) is 3.98. The minimum atomic E-state index is -0.416. The number of carbonyl (C=O) groups is 1. The van der Waals surface area contributed by atoms with Crippen LogP contribution < -0.4 is 4.90 Å². The van der Waals surface area contributed by atoms with E-state index in [1.54, 1.807) is 18.2 Å². The molecule has 0 spiro atoms. The monoisotopic (exact) mass is 246 g/mol. The zero-order chi connectivity index (χ0) is 13.0. The van der Waals surface area contributed by atoms with E-state index in [9.17, 15) is 4.79 Å². The van der Waals surface area contributed by atoms with Crippen LogP contribution in [0.15, 0.2) is 24.3 Å². The highest BCUT2D eigenvalue weighted by atomic mass is 16.5. The molecule has 94 valence electrons. The molecule has 0 bridgehead atoms. The highest BCUT2D eigenvalue weighted by Crippen LogP contribution is 2.19. The van der Waals surface area contributed by atoms with Crippen molar-refractivity contribution in [3.63, 3.8) is 0 Å². The van der Waals surface area contributed by atoms with Crippen molar-refractivity contribution in [3.8, 4) is 6.07 Å². The van der Waals surface area contributed by atoms with E-state index in [1.165, 1.54) is 7.11 Å². The molecule has 2 rings (SSSR count). The Hall–Kier alpha value is -2.06. The Labute approximate surface area is 106 Å². The largest absolute Gasteiger partial charge is 0.465 e. The van der Waals surface area contributed by atoms with Crippen LogP contribution in [-0.4, -0.2) is 38.9 Å². The third-order valence-electron chi connectivity index (χ3n) is 2.84. The number of nitriles is 1. The number of hydrogen-bond acceptors (Lipinski definition) is 5. The van der Waals surface area contributed by atoms with Crippen molar-refractivity contribution in [1.29, 1.82) is 5.26 Å². The number of esters is 1. The summed E-state index contributed by atoms with van der Waals surface area (Å²) in [5.41, 5.74) is 1.41. The van der Waals surface area contributed by atoms with Crippen LogP contribution in [0.25, 0.3) is 0 Å². The quantitative estimate of drug-likeness (QED) is 0.734. The van der Waals surface area contributed by atoms with Gasteiger partial charge in [0.2, 0.25) is 0 Å². The van der Waals surface area contributed by atoms with Crippen molar-refractivity contribution < 1.29 is 14.3 Å². The van der Waals surface area contributed by atoms with Crippen LogP contribution in [0.2, 0.25) is 0 Å². The van der Waals surface area contributed by atoms with Gasteiger partial charge < -0.3 is 14.4 Å². The van der Waals surface area contributed by atoms with Crippen LogP contribution in [-0.2, 0) is 9.47 Å². The lowest BCUT2D eigenvalue weighted by Gasteiger charge is -2.31. The van der Waals surface area contributed by atoms with E-state index in [1.807, 2.05) is 11.0 Å². The zero-order valence-corrected chi connectivity index (χ0v) is 10.1. The summed E-state index contributed by atoms with van der Waals surface area (Å²) in [5, 5.41) is 8.86. The summed E-state index contributed by atoms with van der Waals surface area (Å²) in [6, 6.07) is 9.28. The van der Waals surface area contributed by atoms with Crippen molar-refractivity contribution in [2.24, 2.45) is 0 Å². The van der Waals surface area contributed by atoms with Gasteiger partial charge in [0, 0.05) is 12.2 Å². The smallest absolute Gasteiger partial charge is 0.337 e. The van der Waals surface area contributed by atoms with Crippen molar-refractivity contribution in [2.45, 2.75) is 6.10 Å². The molecule has 5 nitrogen and oxygen atoms in total. The summed E-state index contributed by atoms with van der Waals surface area (Å²) in [6.07, 6.45) is -0.416. The number of carbonyl (C=O) groups excluding carboxylic acids is 1. The van der Waals surface area contributed by atoms with E-state index in [0.717, 1.165) is 5.69 Å². The number of hydrogen-bond donors (Lipinski definition) is 0. The highest BCUT2D eigenvalue weighted by molar-refractivity contribution is 5.90. The van der Waals surface area contributed by atoms with Crippen molar-refractivity contribution >= 4 is 11.7 Å². The van der Waals surface area contributed by atoms with Crippen molar-refractivity contribution in [2.75, 3.05) is 31.7 Å². The third-order valence-corrected chi connectivity index (χ3v) is 2.84. The lowest BCUT2D eigenvalue weighted by Crippen LogP contribution is -2.41. The molecule has 0 saturated carbocycles. The molecule has 0 unspecified atom stereocenters. The van der Waals surface area contributed by atoms with Crippen LogP contribution in [0, 0.1) is 11.3 Å². The summed E-state index contributed by atoms with van der Waals surface area (Å²) in [5.74, 6) is -0.359. The van der Waals surface area contributed by atoms with E-state index in [2.05, 4.69) is 10.8 Å². The van der Waals surface area contributed by atoms with Gasteiger partial charge in [-0.3, -0.25) is 0 Å². The minimum Gasteiger partial charge on any atom is -0.465 e. The van der Waals surface area contributed by atoms with Gasteiger partial charge in [-0.2, -0.15) is 5.26 Å². The zero-order valence-electron chi connectivity index (χ0n) is 10.1. The number of ether oxygens (including phenoxy) is 2. The summed E-state index contributed by atoms with van der Waals surface area (Å²) in [6.45, 7) is 1.74. The van der Waals surface area contributed by atoms with Gasteiger partial charge in [-0.15, -0.1) is 0 Å². The Kier molecular flexibility index (Phi) is 3.80. The molecule has 1 fully saturated rings. The van der Waals surface area contributed by atoms with Crippen molar-refractivity contribution in [3.05, 3.63) is 29.8 Å². The molecule has 1 aromatic rings. The van der Waals surface area contributed by atoms with Crippen LogP contribution in [0.4, 0.5) is 5.69 Å². The molecule has 1 atom stereocenters. The second-order valence-electron chi connectivity index (χ2n) is 3.98. The normalized spacial score (nSPS) is 19.1. The molecule has 18 heavy (non-hydrogen) atoms. The number of methoxy groups -OCH3 is 1. The van der Waals surface area contributed by atoms with E-state index in [-0.39, 0.29) is 5.97 Å². The predicted molar refractivity (Wildman–Crippen MR) is 65.3 cm³/mol. The SMILES string of the molecule is COC(=O)c1cccc(N2CCO[C@H](C#N)C2)c1. The summed E-state index contributed by atoms with van der Waals surface area (Å²) >= 11 is 0. The van der Waals surface area contributed by atoms with Gasteiger partial charge in [-0.05, 0) is 18.2 Å². The van der Waals surface area contributed by atoms with E-state index in [0.29, 0.717) is 25.3 Å². The molecule has 1 heterocycles. The summed E-state index contributed by atoms with van der Waals surface area (Å²) in [4.78, 5) is 13.5. The molecule has 0 amide bonds. The first kappa shape index (κ1) is 12.4. The maximum absolute atomic E-state index is 11.5. The fraction of sp³-hybridized carbons (Fsp3) is 0.385. The van der Waals surface area contributed by atoms with Gasteiger partial charge >= 0.3 is 5.97 Å². The molecule has 1 aromatic carbocycles. The van der Waals surface area contributed by atoms with Crippen LogP contribution in [0.5, 0.6) is 0 Å². The van der Waals surface area contributed by atoms with Crippen LogP contribution in [0.1, 0.15) is 10.4 Å². The topological polar surface area (TPSA) is 62.6 Å². The molecule has 1 aliphatic rings. The first-order valence-electron chi connectivity index (χ1n) is 5.69. The molecular formula is C13H14N2O3. The third kappa shape index (κ3) is 2.60. The lowest BCUT2D eigenvalue weighted by molar-refractivity contribution is 0.0600. The van der Waals surface area contributed by atoms with Gasteiger partial charge in [-0.25, -0.2) is 4.79 Å². The fourth-order valence-corrected chi connectivity index (χ4v) is 1.91. The van der Waals surface area contributed by atoms with Crippen molar-refractivity contribution in [1.82, 2.24) is 0 Å². The Balaban J connectivity index is 2.18. The Bertz CT molecular complexity index is 481. The molecule has 0 N–H and O–H groups in total. The van der Waals surface area contributed by atoms with Gasteiger partial charge in [0.25, 0.3) is 0 Å². The fourth-order valence-electron chi connectivity index (χ4n) is 1.91. The van der Waals surface area contributed by atoms with Crippen LogP contribution in [0.3, 0.4) is 0 Å². The predicted octanol–water partition coefficient (Wildman–Crippen LogP) is 1.20. The van der Waals surface area contributed by atoms with Gasteiger partial charge in [0.05, 0.1) is 31.9 Å². The number of benzene rings is 1.